The van der Waals surface area contributed by atoms with Crippen molar-refractivity contribution in [3.63, 3.8) is 0 Å². The molecule has 8 nitrogen and oxygen atoms in total. The summed E-state index contributed by atoms with van der Waals surface area (Å²) >= 11 is 0. The molecule has 3 N–H and O–H groups in total. The van der Waals surface area contributed by atoms with E-state index in [0.29, 0.717) is 41.2 Å². The topological polar surface area (TPSA) is 94.1 Å². The molecule has 2 amide bonds. The van der Waals surface area contributed by atoms with E-state index in [1.807, 2.05) is 63.5 Å². The number of amides is 2. The molecule has 2 bridgehead atoms. The maximum atomic E-state index is 14.0. The summed E-state index contributed by atoms with van der Waals surface area (Å²) in [5, 5.41) is 19.2. The fourth-order valence-electron chi connectivity index (χ4n) is 8.83. The van der Waals surface area contributed by atoms with Crippen LogP contribution in [0.25, 0.3) is 11.1 Å². The number of hydroxylamine groups is 2. The van der Waals surface area contributed by atoms with E-state index in [0.717, 1.165) is 36.1 Å². The SMILES string of the molecule is CC(C)C[C@@H](CN(C)C)NC(=O)c1cccc(-c2cccc(CN3O[C@@H](C)[C@@H]([C@H](C)O)[C@H]3C(=O)N[C@H]3C[C@H]4C[C@@H]([C@@H]3C)C4(C)C)c2)c1. The fraction of sp³-hybridized carbons (Fsp3) is 0.641. The van der Waals surface area contributed by atoms with E-state index in [4.69, 9.17) is 4.84 Å². The number of fused-ring (bicyclic) bond motifs is 2. The average molecular weight is 647 g/mol. The third kappa shape index (κ3) is 7.77. The van der Waals surface area contributed by atoms with Gasteiger partial charge < -0.3 is 20.6 Å². The van der Waals surface area contributed by atoms with E-state index in [-0.39, 0.29) is 35.9 Å². The zero-order valence-corrected chi connectivity index (χ0v) is 30.0. The van der Waals surface area contributed by atoms with Gasteiger partial charge >= 0.3 is 0 Å². The van der Waals surface area contributed by atoms with Crippen molar-refractivity contribution in [2.24, 2.45) is 35.0 Å². The Morgan fingerprint density at radius 3 is 2.34 bits per heavy atom. The van der Waals surface area contributed by atoms with Gasteiger partial charge in [-0.15, -0.1) is 0 Å². The van der Waals surface area contributed by atoms with Crippen LogP contribution in [0.5, 0.6) is 0 Å². The predicted octanol–water partition coefficient (Wildman–Crippen LogP) is 5.75. The lowest BCUT2D eigenvalue weighted by Gasteiger charge is -2.62. The highest BCUT2D eigenvalue weighted by molar-refractivity contribution is 5.95. The van der Waals surface area contributed by atoms with Crippen molar-refractivity contribution in [3.05, 3.63) is 59.7 Å². The summed E-state index contributed by atoms with van der Waals surface area (Å²) in [5.74, 6) is 1.69. The standard InChI is InChI=1S/C39H58N4O4/c1-23(2)16-32(22-42(8)9)40-37(45)30-15-11-14-29(18-30)28-13-10-12-27(17-28)21-43-36(35(25(4)44)26(5)47-43)38(46)41-34-20-31-19-33(24(34)3)39(31,6)7/h10-15,17-18,23-26,31-36,44H,16,19-22H2,1-9H3,(H,40,45)(H,41,46)/t24-,25-,26-,31+,32-,33-,34-,35+,36-/m0/s1. The van der Waals surface area contributed by atoms with Gasteiger partial charge in [-0.1, -0.05) is 65.0 Å². The number of hydrogen-bond donors (Lipinski definition) is 3. The zero-order valence-electron chi connectivity index (χ0n) is 30.0. The van der Waals surface area contributed by atoms with Crippen LogP contribution in [0.2, 0.25) is 0 Å². The highest BCUT2D eigenvalue weighted by Gasteiger charge is 2.57. The first-order valence-corrected chi connectivity index (χ1v) is 17.7. The minimum atomic E-state index is -0.694. The normalized spacial score (nSPS) is 29.7. The monoisotopic (exact) mass is 646 g/mol. The molecule has 4 fully saturated rings. The summed E-state index contributed by atoms with van der Waals surface area (Å²) in [6.45, 7) is 16.3. The molecule has 2 aromatic carbocycles. The Balaban J connectivity index is 1.31. The number of aliphatic hydroxyl groups excluding tert-OH is 1. The van der Waals surface area contributed by atoms with Gasteiger partial charge in [0.15, 0.2) is 0 Å². The molecule has 3 aliphatic carbocycles. The van der Waals surface area contributed by atoms with Crippen molar-refractivity contribution in [2.75, 3.05) is 20.6 Å². The second kappa shape index (κ2) is 14.4. The van der Waals surface area contributed by atoms with Crippen molar-refractivity contribution < 1.29 is 19.5 Å². The summed E-state index contributed by atoms with van der Waals surface area (Å²) < 4.78 is 0. The molecule has 1 saturated heterocycles. The highest BCUT2D eigenvalue weighted by atomic mass is 16.7. The van der Waals surface area contributed by atoms with Gasteiger partial charge in [-0.25, -0.2) is 0 Å². The number of carbonyl (C=O) groups excluding carboxylic acids is 2. The van der Waals surface area contributed by atoms with Crippen molar-refractivity contribution in [3.8, 4) is 11.1 Å². The molecule has 8 heteroatoms. The number of nitrogens with one attached hydrogen (secondary N) is 2. The second-order valence-corrected chi connectivity index (χ2v) is 16.1. The van der Waals surface area contributed by atoms with Gasteiger partial charge in [0.2, 0.25) is 5.91 Å². The van der Waals surface area contributed by atoms with E-state index in [2.05, 4.69) is 56.2 Å². The largest absolute Gasteiger partial charge is 0.393 e. The summed E-state index contributed by atoms with van der Waals surface area (Å²) in [5.41, 5.74) is 3.91. The summed E-state index contributed by atoms with van der Waals surface area (Å²) in [4.78, 5) is 35.7. The Hall–Kier alpha value is -2.78. The first-order valence-electron chi connectivity index (χ1n) is 17.7. The maximum absolute atomic E-state index is 14.0. The number of aliphatic hydroxyl groups is 1. The van der Waals surface area contributed by atoms with Crippen molar-refractivity contribution >= 4 is 11.8 Å². The molecular formula is C39H58N4O4. The molecule has 6 rings (SSSR count). The lowest BCUT2D eigenvalue weighted by molar-refractivity contribution is -0.174. The van der Waals surface area contributed by atoms with Gasteiger partial charge in [0.1, 0.15) is 6.04 Å². The van der Waals surface area contributed by atoms with Crippen LogP contribution >= 0.6 is 0 Å². The van der Waals surface area contributed by atoms with E-state index in [9.17, 15) is 14.7 Å². The first kappa shape index (κ1) is 35.5. The Labute approximate surface area is 282 Å². The molecule has 1 heterocycles. The van der Waals surface area contributed by atoms with E-state index >= 15 is 0 Å². The van der Waals surface area contributed by atoms with Crippen LogP contribution in [0, 0.1) is 35.0 Å². The minimum Gasteiger partial charge on any atom is -0.393 e. The van der Waals surface area contributed by atoms with Crippen LogP contribution in [-0.4, -0.2) is 77.9 Å². The Morgan fingerprint density at radius 2 is 1.72 bits per heavy atom. The lowest BCUT2D eigenvalue weighted by atomic mass is 9.45. The second-order valence-electron chi connectivity index (χ2n) is 16.1. The molecule has 4 aliphatic rings. The number of benzene rings is 2. The fourth-order valence-corrected chi connectivity index (χ4v) is 8.83. The summed E-state index contributed by atoms with van der Waals surface area (Å²) in [6, 6.07) is 15.6. The zero-order chi connectivity index (χ0) is 34.2. The number of likely N-dealkylation sites (N-methyl/N-ethyl adjacent to an activating group) is 1. The molecule has 0 radical (unpaired) electrons. The Bertz CT molecular complexity index is 1400. The number of nitrogens with zero attached hydrogens (tertiary/aromatic N) is 2. The smallest absolute Gasteiger partial charge is 0.251 e. The molecule has 47 heavy (non-hydrogen) atoms. The molecule has 3 saturated carbocycles. The average Bonchev–Trinajstić information content (AvgIpc) is 3.32. The first-order chi connectivity index (χ1) is 22.1. The van der Waals surface area contributed by atoms with Crippen LogP contribution in [0.3, 0.4) is 0 Å². The molecule has 0 spiro atoms. The van der Waals surface area contributed by atoms with Crippen LogP contribution in [0.1, 0.15) is 83.7 Å². The van der Waals surface area contributed by atoms with Gasteiger partial charge in [0.25, 0.3) is 5.91 Å². The Kier molecular flexibility index (Phi) is 10.9. The van der Waals surface area contributed by atoms with Crippen molar-refractivity contribution in [2.45, 2.75) is 105 Å². The van der Waals surface area contributed by atoms with Crippen LogP contribution in [0.4, 0.5) is 0 Å². The van der Waals surface area contributed by atoms with Crippen LogP contribution in [-0.2, 0) is 16.2 Å². The van der Waals surface area contributed by atoms with Crippen molar-refractivity contribution in [1.29, 1.82) is 0 Å². The van der Waals surface area contributed by atoms with Gasteiger partial charge in [0.05, 0.1) is 18.8 Å². The molecule has 0 unspecified atom stereocenters. The van der Waals surface area contributed by atoms with Gasteiger partial charge in [-0.2, -0.15) is 5.06 Å². The number of rotatable bonds is 12. The number of hydrogen-bond acceptors (Lipinski definition) is 6. The van der Waals surface area contributed by atoms with E-state index in [1.54, 1.807) is 12.0 Å². The van der Waals surface area contributed by atoms with Gasteiger partial charge in [0, 0.05) is 30.1 Å². The summed E-state index contributed by atoms with van der Waals surface area (Å²) in [7, 11) is 4.06. The molecule has 1 aliphatic heterocycles. The molecule has 2 aromatic rings. The molecule has 9 atom stereocenters. The Morgan fingerprint density at radius 1 is 1.04 bits per heavy atom. The molecule has 0 aromatic heterocycles. The van der Waals surface area contributed by atoms with E-state index in [1.165, 1.54) is 6.42 Å². The predicted molar refractivity (Wildman–Crippen MR) is 187 cm³/mol. The molecular weight excluding hydrogens is 588 g/mol. The van der Waals surface area contributed by atoms with Crippen LogP contribution < -0.4 is 10.6 Å². The van der Waals surface area contributed by atoms with Crippen molar-refractivity contribution in [1.82, 2.24) is 20.6 Å². The van der Waals surface area contributed by atoms with Gasteiger partial charge in [-0.3, -0.25) is 14.4 Å². The third-order valence-corrected chi connectivity index (χ3v) is 11.4. The third-order valence-electron chi connectivity index (χ3n) is 11.4. The highest BCUT2D eigenvalue weighted by Crippen LogP contribution is 2.61. The maximum Gasteiger partial charge on any atom is 0.251 e. The van der Waals surface area contributed by atoms with E-state index < -0.39 is 12.1 Å². The van der Waals surface area contributed by atoms with Gasteiger partial charge in [-0.05, 0) is 111 Å². The molecule has 258 valence electrons. The van der Waals surface area contributed by atoms with Crippen LogP contribution in [0.15, 0.2) is 48.5 Å². The quantitative estimate of drug-likeness (QED) is 0.272. The summed E-state index contributed by atoms with van der Waals surface area (Å²) in [6.07, 6.45) is 2.18. The number of carbonyl (C=O) groups is 2. The minimum absolute atomic E-state index is 0.0592. The lowest BCUT2D eigenvalue weighted by Crippen LogP contribution is -2.62.